The van der Waals surface area contributed by atoms with Crippen LogP contribution in [0, 0.1) is 0 Å². The van der Waals surface area contributed by atoms with Crippen LogP contribution in [-0.2, 0) is 6.42 Å². The second-order valence-electron chi connectivity index (χ2n) is 7.05. The van der Waals surface area contributed by atoms with Crippen molar-refractivity contribution in [3.8, 4) is 11.5 Å². The van der Waals surface area contributed by atoms with Gasteiger partial charge in [0.15, 0.2) is 0 Å². The molecule has 0 aromatic heterocycles. The predicted molar refractivity (Wildman–Crippen MR) is 107 cm³/mol. The molecule has 138 valence electrons. The van der Waals surface area contributed by atoms with Crippen LogP contribution in [-0.4, -0.2) is 18.4 Å². The Bertz CT molecular complexity index is 935. The molecule has 3 heteroatoms. The number of phenolic OH excluding ortho intramolecular Hbond substituents is 1. The lowest BCUT2D eigenvalue weighted by Crippen LogP contribution is -2.03. The summed E-state index contributed by atoms with van der Waals surface area (Å²) in [4.78, 5) is 0. The van der Waals surface area contributed by atoms with Crippen molar-refractivity contribution < 1.29 is 14.2 Å². The molecule has 2 nitrogen and oxygen atoms in total. The third-order valence-corrected chi connectivity index (χ3v) is 5.31. The van der Waals surface area contributed by atoms with E-state index in [0.29, 0.717) is 6.42 Å². The normalized spacial score (nSPS) is 19.3. The Balaban J connectivity index is 1.93. The molecule has 2 aliphatic rings. The molecule has 0 bridgehead atoms. The minimum atomic E-state index is -0.895. The van der Waals surface area contributed by atoms with Gasteiger partial charge in [-0.05, 0) is 83.0 Å². The fraction of sp³-hybridized carbons (Fsp3) is 0.250. The zero-order valence-electron chi connectivity index (χ0n) is 15.4. The van der Waals surface area contributed by atoms with Gasteiger partial charge in [0.05, 0.1) is 7.11 Å². The van der Waals surface area contributed by atoms with E-state index in [4.69, 9.17) is 4.74 Å². The minimum Gasteiger partial charge on any atom is -0.508 e. The molecule has 27 heavy (non-hydrogen) atoms. The fourth-order valence-corrected chi connectivity index (χ4v) is 3.96. The van der Waals surface area contributed by atoms with Crippen molar-refractivity contribution in [2.24, 2.45) is 0 Å². The van der Waals surface area contributed by atoms with E-state index in [-0.39, 0.29) is 5.75 Å². The summed E-state index contributed by atoms with van der Waals surface area (Å²) in [5.74, 6) is 1.11. The highest BCUT2D eigenvalue weighted by atomic mass is 19.1. The van der Waals surface area contributed by atoms with Gasteiger partial charge in [-0.1, -0.05) is 30.4 Å². The molecule has 0 amide bonds. The lowest BCUT2D eigenvalue weighted by Gasteiger charge is -2.19. The molecule has 0 radical (unpaired) electrons. The average Bonchev–Trinajstić information content (AvgIpc) is 2.88. The largest absolute Gasteiger partial charge is 0.508 e. The first-order valence-corrected chi connectivity index (χ1v) is 9.38. The van der Waals surface area contributed by atoms with Crippen molar-refractivity contribution >= 4 is 5.57 Å². The molecule has 0 spiro atoms. The third-order valence-electron chi connectivity index (χ3n) is 5.31. The highest BCUT2D eigenvalue weighted by Gasteiger charge is 2.22. The summed E-state index contributed by atoms with van der Waals surface area (Å²) in [5, 5.41) is 9.72. The second kappa shape index (κ2) is 7.43. The van der Waals surface area contributed by atoms with Gasteiger partial charge in [-0.25, -0.2) is 4.39 Å². The van der Waals surface area contributed by atoms with Gasteiger partial charge in [-0.3, -0.25) is 0 Å². The van der Waals surface area contributed by atoms with Crippen LogP contribution in [0.2, 0.25) is 0 Å². The Labute approximate surface area is 159 Å². The first-order chi connectivity index (χ1) is 13.2. The molecule has 0 heterocycles. The summed E-state index contributed by atoms with van der Waals surface area (Å²) >= 11 is 0. The van der Waals surface area contributed by atoms with E-state index in [1.807, 2.05) is 30.4 Å². The van der Waals surface area contributed by atoms with Crippen LogP contribution in [0.4, 0.5) is 4.39 Å². The fourth-order valence-electron chi connectivity index (χ4n) is 3.96. The molecule has 0 aliphatic heterocycles. The van der Waals surface area contributed by atoms with E-state index in [0.717, 1.165) is 36.1 Å². The van der Waals surface area contributed by atoms with Gasteiger partial charge < -0.3 is 9.84 Å². The van der Waals surface area contributed by atoms with Crippen LogP contribution in [0.25, 0.3) is 5.57 Å². The Morgan fingerprint density at radius 2 is 1.89 bits per heavy atom. The quantitative estimate of drug-likeness (QED) is 0.752. The molecule has 1 N–H and O–H groups in total. The van der Waals surface area contributed by atoms with Gasteiger partial charge in [-0.2, -0.15) is 0 Å². The smallest absolute Gasteiger partial charge is 0.122 e. The van der Waals surface area contributed by atoms with Gasteiger partial charge in [-0.15, -0.1) is 0 Å². The van der Waals surface area contributed by atoms with Crippen LogP contribution in [0.5, 0.6) is 11.5 Å². The summed E-state index contributed by atoms with van der Waals surface area (Å²) in [6.45, 7) is 0. The molecule has 0 saturated carbocycles. The minimum absolute atomic E-state index is 0.251. The number of aromatic hydroxyl groups is 1. The maximum absolute atomic E-state index is 13.6. The predicted octanol–water partition coefficient (Wildman–Crippen LogP) is 5.76. The van der Waals surface area contributed by atoms with Crippen LogP contribution in [0.3, 0.4) is 0 Å². The number of fused-ring (bicyclic) bond motifs is 1. The highest BCUT2D eigenvalue weighted by Crippen LogP contribution is 2.40. The molecular weight excluding hydrogens is 339 g/mol. The van der Waals surface area contributed by atoms with Gasteiger partial charge in [0, 0.05) is 6.42 Å². The van der Waals surface area contributed by atoms with Gasteiger partial charge in [0.25, 0.3) is 0 Å². The number of aryl methyl sites for hydroxylation is 1. The van der Waals surface area contributed by atoms with E-state index >= 15 is 0 Å². The number of halogens is 1. The molecule has 0 fully saturated rings. The summed E-state index contributed by atoms with van der Waals surface area (Å²) in [7, 11) is 1.69. The van der Waals surface area contributed by atoms with E-state index in [1.54, 1.807) is 25.3 Å². The Morgan fingerprint density at radius 3 is 2.59 bits per heavy atom. The molecule has 2 aliphatic carbocycles. The number of methoxy groups -OCH3 is 1. The first kappa shape index (κ1) is 17.6. The lowest BCUT2D eigenvalue weighted by molar-refractivity contribution is 0.401. The van der Waals surface area contributed by atoms with Crippen LogP contribution in [0.1, 0.15) is 36.0 Å². The topological polar surface area (TPSA) is 29.5 Å². The SMILES string of the molecule is COc1ccc2c(c1)CCCC(C1=CCC(F)C=C1)=C2c1ccc(O)cc1. The Morgan fingerprint density at radius 1 is 1.07 bits per heavy atom. The van der Waals surface area contributed by atoms with E-state index in [2.05, 4.69) is 12.1 Å². The number of phenols is 1. The summed E-state index contributed by atoms with van der Waals surface area (Å²) < 4.78 is 19.0. The first-order valence-electron chi connectivity index (χ1n) is 9.38. The maximum atomic E-state index is 13.6. The van der Waals surface area contributed by atoms with Crippen molar-refractivity contribution in [2.45, 2.75) is 31.9 Å². The molecule has 1 atom stereocenters. The summed E-state index contributed by atoms with van der Waals surface area (Å²) in [5.41, 5.74) is 7.02. The molecule has 2 aromatic carbocycles. The van der Waals surface area contributed by atoms with Gasteiger partial charge >= 0.3 is 0 Å². The van der Waals surface area contributed by atoms with Crippen molar-refractivity contribution in [1.29, 1.82) is 0 Å². The molecule has 4 rings (SSSR count). The lowest BCUT2D eigenvalue weighted by atomic mass is 9.86. The Kier molecular flexibility index (Phi) is 4.85. The number of hydrogen-bond donors (Lipinski definition) is 1. The monoisotopic (exact) mass is 362 g/mol. The summed E-state index contributed by atoms with van der Waals surface area (Å²) in [6, 6.07) is 13.6. The van der Waals surface area contributed by atoms with Crippen molar-refractivity contribution in [2.75, 3.05) is 7.11 Å². The summed E-state index contributed by atoms with van der Waals surface area (Å²) in [6.07, 6.45) is 8.04. The van der Waals surface area contributed by atoms with E-state index in [1.165, 1.54) is 22.3 Å². The number of allylic oxidation sites excluding steroid dienone is 5. The molecule has 0 saturated heterocycles. The molecular formula is C24H23FO2. The zero-order chi connectivity index (χ0) is 18.8. The van der Waals surface area contributed by atoms with Crippen molar-refractivity contribution in [3.05, 3.63) is 88.5 Å². The number of alkyl halides is 1. The van der Waals surface area contributed by atoms with Crippen LogP contribution < -0.4 is 4.74 Å². The van der Waals surface area contributed by atoms with E-state index < -0.39 is 6.17 Å². The Hall–Kier alpha value is -2.81. The number of ether oxygens (including phenoxy) is 1. The second-order valence-corrected chi connectivity index (χ2v) is 7.05. The van der Waals surface area contributed by atoms with Crippen LogP contribution >= 0.6 is 0 Å². The number of hydrogen-bond acceptors (Lipinski definition) is 2. The standard InChI is InChI=1S/C24H23FO2/c1-27-21-13-14-23-18(15-21)3-2-4-22(16-5-9-19(25)10-6-16)24(23)17-7-11-20(26)12-8-17/h5-9,11-15,19,26H,2-4,10H2,1H3. The van der Waals surface area contributed by atoms with Crippen molar-refractivity contribution in [3.63, 3.8) is 0 Å². The van der Waals surface area contributed by atoms with Crippen LogP contribution in [0.15, 0.2) is 71.8 Å². The number of rotatable bonds is 3. The van der Waals surface area contributed by atoms with Gasteiger partial charge in [0.1, 0.15) is 17.7 Å². The van der Waals surface area contributed by atoms with Gasteiger partial charge in [0.2, 0.25) is 0 Å². The van der Waals surface area contributed by atoms with Crippen molar-refractivity contribution in [1.82, 2.24) is 0 Å². The maximum Gasteiger partial charge on any atom is 0.122 e. The number of benzene rings is 2. The molecule has 2 aromatic rings. The average molecular weight is 362 g/mol. The zero-order valence-corrected chi connectivity index (χ0v) is 15.4. The highest BCUT2D eigenvalue weighted by molar-refractivity contribution is 5.87. The third kappa shape index (κ3) is 3.55. The van der Waals surface area contributed by atoms with E-state index in [9.17, 15) is 9.50 Å². The molecule has 1 unspecified atom stereocenters.